The van der Waals surface area contributed by atoms with E-state index < -0.39 is 15.8 Å². The Morgan fingerprint density at radius 2 is 1.81 bits per heavy atom. The van der Waals surface area contributed by atoms with E-state index in [1.165, 1.54) is 12.1 Å². The molecule has 0 bridgehead atoms. The van der Waals surface area contributed by atoms with Crippen LogP contribution in [0.25, 0.3) is 22.4 Å². The molecule has 0 atom stereocenters. The minimum Gasteiger partial charge on any atom is -0.377 e. The van der Waals surface area contributed by atoms with Crippen molar-refractivity contribution in [2.24, 2.45) is 0 Å². The number of aryl methyl sites for hydroxylation is 1. The van der Waals surface area contributed by atoms with E-state index in [-0.39, 0.29) is 11.5 Å². The van der Waals surface area contributed by atoms with Gasteiger partial charge in [-0.05, 0) is 55.0 Å². The molecule has 0 aliphatic rings. The van der Waals surface area contributed by atoms with Crippen LogP contribution in [-0.2, 0) is 21.2 Å². The molecule has 32 heavy (non-hydrogen) atoms. The Hall–Kier alpha value is -3.50. The second-order valence-corrected chi connectivity index (χ2v) is 8.95. The van der Waals surface area contributed by atoms with Crippen molar-refractivity contribution in [2.45, 2.75) is 18.4 Å². The minimum absolute atomic E-state index is 0.0878. The Kier molecular flexibility index (Phi) is 6.06. The highest BCUT2D eigenvalue weighted by Crippen LogP contribution is 2.27. The fraction of sp³-hybridized carbons (Fsp3) is 0.182. The van der Waals surface area contributed by atoms with Gasteiger partial charge in [0, 0.05) is 19.0 Å². The Labute approximate surface area is 184 Å². The maximum Gasteiger partial charge on any atom is 0.207 e. The molecule has 0 radical (unpaired) electrons. The zero-order valence-electron chi connectivity index (χ0n) is 17.4. The summed E-state index contributed by atoms with van der Waals surface area (Å²) in [6.07, 6.45) is 1.71. The molecular formula is C22H20FN5O3S. The summed E-state index contributed by atoms with van der Waals surface area (Å²) in [6.45, 7) is 2.15. The van der Waals surface area contributed by atoms with Crippen LogP contribution in [0.15, 0.2) is 59.6 Å². The molecule has 1 aromatic carbocycles. The largest absolute Gasteiger partial charge is 0.377 e. The molecule has 164 valence electrons. The number of ether oxygens (including phenoxy) is 1. The average Bonchev–Trinajstić information content (AvgIpc) is 2.79. The Morgan fingerprint density at radius 1 is 1.03 bits per heavy atom. The van der Waals surface area contributed by atoms with Gasteiger partial charge in [-0.1, -0.05) is 6.07 Å². The highest BCUT2D eigenvalue weighted by Gasteiger charge is 2.15. The summed E-state index contributed by atoms with van der Waals surface area (Å²) in [6, 6.07) is 11.9. The number of aromatic nitrogens is 4. The second-order valence-electron chi connectivity index (χ2n) is 7.03. The van der Waals surface area contributed by atoms with Crippen molar-refractivity contribution in [3.05, 3.63) is 66.1 Å². The first-order valence-corrected chi connectivity index (χ1v) is 11.3. The van der Waals surface area contributed by atoms with Crippen LogP contribution in [0.5, 0.6) is 0 Å². The van der Waals surface area contributed by atoms with Crippen LogP contribution in [0.2, 0.25) is 0 Å². The third-order valence-electron chi connectivity index (χ3n) is 4.75. The lowest BCUT2D eigenvalue weighted by Gasteiger charge is -2.12. The summed E-state index contributed by atoms with van der Waals surface area (Å²) in [7, 11) is -2.38. The van der Waals surface area contributed by atoms with E-state index in [1.54, 1.807) is 25.4 Å². The van der Waals surface area contributed by atoms with E-state index in [4.69, 9.17) is 4.74 Å². The highest BCUT2D eigenvalue weighted by atomic mass is 32.2. The molecule has 3 aromatic heterocycles. The SMILES string of the molecule is COCc1nc(Nc2ccc(S(=O)(=O)CF)cc2)c2ccc(-c3ncccc3C)nc2n1. The number of pyridine rings is 2. The van der Waals surface area contributed by atoms with Crippen LogP contribution >= 0.6 is 0 Å². The van der Waals surface area contributed by atoms with Crippen molar-refractivity contribution in [3.8, 4) is 11.4 Å². The lowest BCUT2D eigenvalue weighted by Crippen LogP contribution is -2.05. The fourth-order valence-corrected chi connectivity index (χ4v) is 3.85. The molecule has 8 nitrogen and oxygen atoms in total. The van der Waals surface area contributed by atoms with Crippen LogP contribution in [0, 0.1) is 6.92 Å². The van der Waals surface area contributed by atoms with Gasteiger partial charge >= 0.3 is 0 Å². The number of hydrogen-bond acceptors (Lipinski definition) is 8. The zero-order valence-corrected chi connectivity index (χ0v) is 18.2. The average molecular weight is 453 g/mol. The summed E-state index contributed by atoms with van der Waals surface area (Å²) >= 11 is 0. The summed E-state index contributed by atoms with van der Waals surface area (Å²) in [5.41, 5.74) is 3.49. The number of rotatable bonds is 7. The van der Waals surface area contributed by atoms with Crippen LogP contribution in [0.4, 0.5) is 15.9 Å². The number of halogens is 1. The summed E-state index contributed by atoms with van der Waals surface area (Å²) in [5.74, 6) is 0.918. The molecule has 4 aromatic rings. The molecule has 0 aliphatic heterocycles. The first kappa shape index (κ1) is 21.7. The number of alkyl halides is 1. The standard InChI is InChI=1S/C22H20FN5O3S/c1-14-4-3-11-24-20(14)18-10-9-17-21(27-19(12-31-2)28-22(17)26-18)25-15-5-7-16(8-6-15)32(29,30)13-23/h3-11H,12-13H2,1-2H3,(H,25,26,27,28). The lowest BCUT2D eigenvalue weighted by atomic mass is 10.1. The van der Waals surface area contributed by atoms with Crippen molar-refractivity contribution in [2.75, 3.05) is 18.4 Å². The maximum absolute atomic E-state index is 12.7. The van der Waals surface area contributed by atoms with Crippen molar-refractivity contribution in [1.82, 2.24) is 19.9 Å². The molecule has 4 rings (SSSR count). The molecule has 0 saturated heterocycles. The normalized spacial score (nSPS) is 11.6. The minimum atomic E-state index is -3.92. The zero-order chi connectivity index (χ0) is 22.7. The molecular weight excluding hydrogens is 433 g/mol. The first-order chi connectivity index (χ1) is 15.4. The first-order valence-electron chi connectivity index (χ1n) is 9.65. The number of methoxy groups -OCH3 is 1. The summed E-state index contributed by atoms with van der Waals surface area (Å²) in [5, 5.41) is 3.83. The van der Waals surface area contributed by atoms with Gasteiger partial charge in [-0.25, -0.2) is 27.8 Å². The van der Waals surface area contributed by atoms with Crippen LogP contribution in [0.1, 0.15) is 11.4 Å². The van der Waals surface area contributed by atoms with E-state index in [2.05, 4.69) is 25.3 Å². The van der Waals surface area contributed by atoms with Gasteiger partial charge in [0.15, 0.2) is 17.5 Å². The lowest BCUT2D eigenvalue weighted by molar-refractivity contribution is 0.178. The summed E-state index contributed by atoms with van der Waals surface area (Å²) in [4.78, 5) is 18.0. The number of nitrogens with one attached hydrogen (secondary N) is 1. The van der Waals surface area contributed by atoms with Crippen molar-refractivity contribution >= 4 is 32.4 Å². The van der Waals surface area contributed by atoms with Crippen molar-refractivity contribution in [3.63, 3.8) is 0 Å². The van der Waals surface area contributed by atoms with E-state index in [9.17, 15) is 12.8 Å². The van der Waals surface area contributed by atoms with Gasteiger partial charge in [-0.3, -0.25) is 4.98 Å². The smallest absolute Gasteiger partial charge is 0.207 e. The highest BCUT2D eigenvalue weighted by molar-refractivity contribution is 7.91. The van der Waals surface area contributed by atoms with E-state index >= 15 is 0 Å². The molecule has 0 aliphatic carbocycles. The van der Waals surface area contributed by atoms with Gasteiger partial charge in [-0.2, -0.15) is 0 Å². The van der Waals surface area contributed by atoms with E-state index in [0.29, 0.717) is 34.1 Å². The molecule has 10 heteroatoms. The number of benzene rings is 1. The Bertz CT molecular complexity index is 1380. The predicted octanol–water partition coefficient (Wildman–Crippen LogP) is 3.99. The maximum atomic E-state index is 12.7. The molecule has 0 saturated carbocycles. The predicted molar refractivity (Wildman–Crippen MR) is 119 cm³/mol. The number of nitrogens with zero attached hydrogens (tertiary/aromatic N) is 4. The molecule has 0 amide bonds. The summed E-state index contributed by atoms with van der Waals surface area (Å²) < 4.78 is 41.3. The Morgan fingerprint density at radius 3 is 2.50 bits per heavy atom. The van der Waals surface area contributed by atoms with Gasteiger partial charge in [-0.15, -0.1) is 0 Å². The van der Waals surface area contributed by atoms with E-state index in [1.807, 2.05) is 31.2 Å². The van der Waals surface area contributed by atoms with Gasteiger partial charge in [0.2, 0.25) is 9.84 Å². The molecule has 0 fully saturated rings. The van der Waals surface area contributed by atoms with Gasteiger partial charge in [0.25, 0.3) is 0 Å². The van der Waals surface area contributed by atoms with Crippen LogP contribution in [-0.4, -0.2) is 41.5 Å². The molecule has 1 N–H and O–H groups in total. The Balaban J connectivity index is 1.76. The van der Waals surface area contributed by atoms with Crippen molar-refractivity contribution < 1.29 is 17.5 Å². The van der Waals surface area contributed by atoms with Crippen LogP contribution in [0.3, 0.4) is 0 Å². The van der Waals surface area contributed by atoms with Gasteiger partial charge in [0.1, 0.15) is 12.4 Å². The fourth-order valence-electron chi connectivity index (χ4n) is 3.17. The van der Waals surface area contributed by atoms with E-state index in [0.717, 1.165) is 11.3 Å². The van der Waals surface area contributed by atoms with Gasteiger partial charge < -0.3 is 10.1 Å². The molecule has 0 unspecified atom stereocenters. The number of sulfone groups is 1. The van der Waals surface area contributed by atoms with Gasteiger partial charge in [0.05, 0.1) is 21.7 Å². The number of hydrogen-bond donors (Lipinski definition) is 1. The quantitative estimate of drug-likeness (QED) is 0.448. The van der Waals surface area contributed by atoms with Crippen LogP contribution < -0.4 is 5.32 Å². The van der Waals surface area contributed by atoms with Crippen molar-refractivity contribution in [1.29, 1.82) is 0 Å². The third-order valence-corrected chi connectivity index (χ3v) is 6.03. The monoisotopic (exact) mass is 453 g/mol. The third kappa shape index (κ3) is 4.41. The second kappa shape index (κ2) is 8.93. The molecule has 3 heterocycles. The molecule has 0 spiro atoms. The topological polar surface area (TPSA) is 107 Å². The number of anilines is 2. The number of fused-ring (bicyclic) bond motifs is 1.